The summed E-state index contributed by atoms with van der Waals surface area (Å²) in [5, 5.41) is 7.79. The van der Waals surface area contributed by atoms with Gasteiger partial charge in [0.15, 0.2) is 5.96 Å². The molecule has 1 fully saturated rings. The third-order valence-corrected chi connectivity index (χ3v) is 5.50. The molecule has 0 bridgehead atoms. The zero-order valence-electron chi connectivity index (χ0n) is 15.1. The van der Waals surface area contributed by atoms with Gasteiger partial charge in [-0.1, -0.05) is 0 Å². The van der Waals surface area contributed by atoms with Gasteiger partial charge in [-0.05, 0) is 52.2 Å². The number of rotatable bonds is 8. The van der Waals surface area contributed by atoms with Gasteiger partial charge in [0.1, 0.15) is 5.82 Å². The predicted octanol–water partition coefficient (Wildman–Crippen LogP) is 3.43. The largest absolute Gasteiger partial charge is 0.357 e. The van der Waals surface area contributed by atoms with Crippen LogP contribution in [-0.4, -0.2) is 46.1 Å². The second-order valence-electron chi connectivity index (χ2n) is 6.15. The summed E-state index contributed by atoms with van der Waals surface area (Å²) < 4.78 is 2.20. The van der Waals surface area contributed by atoms with E-state index in [9.17, 15) is 0 Å². The SMILES string of the molecule is CCNC(=NCCCCn1ccnc1C)NC1CCC(SC)C1.I. The van der Waals surface area contributed by atoms with E-state index >= 15 is 0 Å². The quantitative estimate of drug-likeness (QED) is 0.267. The van der Waals surface area contributed by atoms with Crippen LogP contribution in [0.2, 0.25) is 0 Å². The number of hydrogen-bond acceptors (Lipinski definition) is 3. The monoisotopic (exact) mass is 465 g/mol. The number of unbranched alkanes of at least 4 members (excludes halogenated alkanes) is 1. The van der Waals surface area contributed by atoms with E-state index < -0.39 is 0 Å². The van der Waals surface area contributed by atoms with Gasteiger partial charge in [-0.25, -0.2) is 4.98 Å². The summed E-state index contributed by atoms with van der Waals surface area (Å²) in [4.78, 5) is 8.98. The van der Waals surface area contributed by atoms with E-state index in [4.69, 9.17) is 4.99 Å². The van der Waals surface area contributed by atoms with Crippen molar-refractivity contribution in [2.75, 3.05) is 19.3 Å². The smallest absolute Gasteiger partial charge is 0.191 e. The molecule has 1 aromatic rings. The van der Waals surface area contributed by atoms with Crippen molar-refractivity contribution in [2.24, 2.45) is 4.99 Å². The maximum Gasteiger partial charge on any atom is 0.191 e. The molecular formula is C17H32IN5S. The Bertz CT molecular complexity index is 491. The van der Waals surface area contributed by atoms with Gasteiger partial charge in [0.05, 0.1) is 0 Å². The molecule has 24 heavy (non-hydrogen) atoms. The van der Waals surface area contributed by atoms with Crippen LogP contribution in [0.1, 0.15) is 44.9 Å². The van der Waals surface area contributed by atoms with E-state index in [1.165, 1.54) is 19.3 Å². The number of halogens is 1. The minimum absolute atomic E-state index is 0. The van der Waals surface area contributed by atoms with Gasteiger partial charge in [0.2, 0.25) is 0 Å². The lowest BCUT2D eigenvalue weighted by Crippen LogP contribution is -2.42. The average Bonchev–Trinajstić information content (AvgIpc) is 3.16. The van der Waals surface area contributed by atoms with Crippen LogP contribution in [-0.2, 0) is 6.54 Å². The van der Waals surface area contributed by atoms with Crippen LogP contribution in [0.4, 0.5) is 0 Å². The summed E-state index contributed by atoms with van der Waals surface area (Å²) in [5.41, 5.74) is 0. The molecule has 0 aliphatic heterocycles. The Morgan fingerprint density at radius 2 is 2.25 bits per heavy atom. The number of thioether (sulfide) groups is 1. The third-order valence-electron chi connectivity index (χ3n) is 4.40. The molecule has 138 valence electrons. The average molecular weight is 465 g/mol. The van der Waals surface area contributed by atoms with Gasteiger partial charge < -0.3 is 15.2 Å². The number of hydrogen-bond donors (Lipinski definition) is 2. The molecule has 0 spiro atoms. The van der Waals surface area contributed by atoms with Crippen molar-refractivity contribution in [3.8, 4) is 0 Å². The van der Waals surface area contributed by atoms with E-state index in [0.29, 0.717) is 6.04 Å². The minimum Gasteiger partial charge on any atom is -0.357 e. The molecule has 0 aromatic carbocycles. The van der Waals surface area contributed by atoms with Crippen LogP contribution in [0.3, 0.4) is 0 Å². The van der Waals surface area contributed by atoms with Crippen molar-refractivity contribution in [1.82, 2.24) is 20.2 Å². The minimum atomic E-state index is 0. The first-order valence-electron chi connectivity index (χ1n) is 8.78. The lowest BCUT2D eigenvalue weighted by molar-refractivity contribution is 0.593. The third kappa shape index (κ3) is 7.21. The molecule has 2 unspecified atom stereocenters. The van der Waals surface area contributed by atoms with Gasteiger partial charge in [0.25, 0.3) is 0 Å². The number of nitrogens with zero attached hydrogens (tertiary/aromatic N) is 3. The fourth-order valence-electron chi connectivity index (χ4n) is 3.02. The van der Waals surface area contributed by atoms with Crippen LogP contribution >= 0.6 is 35.7 Å². The molecule has 1 saturated carbocycles. The molecule has 1 aromatic heterocycles. The molecular weight excluding hydrogens is 433 g/mol. The molecule has 0 radical (unpaired) electrons. The van der Waals surface area contributed by atoms with Gasteiger partial charge in [0, 0.05) is 43.3 Å². The number of nitrogens with one attached hydrogen (secondary N) is 2. The maximum absolute atomic E-state index is 4.73. The van der Waals surface area contributed by atoms with Crippen LogP contribution in [0.5, 0.6) is 0 Å². The zero-order chi connectivity index (χ0) is 16.5. The molecule has 2 atom stereocenters. The normalized spacial score (nSPS) is 20.7. The Morgan fingerprint density at radius 1 is 1.42 bits per heavy atom. The fraction of sp³-hybridized carbons (Fsp3) is 0.765. The second-order valence-corrected chi connectivity index (χ2v) is 7.29. The predicted molar refractivity (Wildman–Crippen MR) is 116 cm³/mol. The summed E-state index contributed by atoms with van der Waals surface area (Å²) in [6.45, 7) is 7.00. The summed E-state index contributed by atoms with van der Waals surface area (Å²) in [6, 6.07) is 0.582. The first-order valence-corrected chi connectivity index (χ1v) is 10.1. The summed E-state index contributed by atoms with van der Waals surface area (Å²) >= 11 is 1.99. The Kier molecular flexibility index (Phi) is 10.8. The van der Waals surface area contributed by atoms with Crippen LogP contribution in [0.15, 0.2) is 17.4 Å². The summed E-state index contributed by atoms with van der Waals surface area (Å²) in [5.74, 6) is 2.08. The molecule has 1 heterocycles. The lowest BCUT2D eigenvalue weighted by Gasteiger charge is -2.17. The van der Waals surface area contributed by atoms with Crippen molar-refractivity contribution in [2.45, 2.75) is 63.8 Å². The Balaban J connectivity index is 0.00000288. The fourth-order valence-corrected chi connectivity index (χ4v) is 3.82. The van der Waals surface area contributed by atoms with Gasteiger partial charge in [-0.2, -0.15) is 11.8 Å². The molecule has 5 nitrogen and oxygen atoms in total. The van der Waals surface area contributed by atoms with Crippen LogP contribution in [0, 0.1) is 6.92 Å². The highest BCUT2D eigenvalue weighted by Crippen LogP contribution is 2.27. The number of imidazole rings is 1. The van der Waals surface area contributed by atoms with Gasteiger partial charge >= 0.3 is 0 Å². The molecule has 0 amide bonds. The van der Waals surface area contributed by atoms with Crippen LogP contribution in [0.25, 0.3) is 0 Å². The van der Waals surface area contributed by atoms with E-state index in [0.717, 1.165) is 49.5 Å². The van der Waals surface area contributed by atoms with Gasteiger partial charge in [-0.15, -0.1) is 24.0 Å². The first-order chi connectivity index (χ1) is 11.2. The lowest BCUT2D eigenvalue weighted by atomic mass is 10.2. The summed E-state index contributed by atoms with van der Waals surface area (Å²) in [7, 11) is 0. The van der Waals surface area contributed by atoms with Crippen molar-refractivity contribution in [3.05, 3.63) is 18.2 Å². The molecule has 1 aliphatic rings. The number of aryl methyl sites for hydroxylation is 2. The number of guanidine groups is 1. The highest BCUT2D eigenvalue weighted by molar-refractivity contribution is 14.0. The second kappa shape index (κ2) is 12.0. The standard InChI is InChI=1S/C17H31N5S.HI/c1-4-18-17(21-15-7-8-16(13-15)23-3)20-9-5-6-11-22-12-10-19-14(22)2;/h10,12,15-16H,4-9,11,13H2,1-3H3,(H2,18,20,21);1H. The molecule has 7 heteroatoms. The highest BCUT2D eigenvalue weighted by atomic mass is 127. The Morgan fingerprint density at radius 3 is 2.88 bits per heavy atom. The molecule has 2 rings (SSSR count). The molecule has 1 aliphatic carbocycles. The number of aliphatic imine (C=N–C) groups is 1. The Labute approximate surface area is 167 Å². The zero-order valence-corrected chi connectivity index (χ0v) is 18.3. The first kappa shape index (κ1) is 21.6. The topological polar surface area (TPSA) is 54.2 Å². The van der Waals surface area contributed by atoms with E-state index in [2.05, 4.69) is 40.3 Å². The highest BCUT2D eigenvalue weighted by Gasteiger charge is 2.24. The summed E-state index contributed by atoms with van der Waals surface area (Å²) in [6.07, 6.45) is 12.2. The molecule has 0 saturated heterocycles. The van der Waals surface area contributed by atoms with E-state index in [-0.39, 0.29) is 24.0 Å². The van der Waals surface area contributed by atoms with Crippen molar-refractivity contribution < 1.29 is 0 Å². The maximum atomic E-state index is 4.73. The van der Waals surface area contributed by atoms with E-state index in [1.807, 2.05) is 24.2 Å². The number of aromatic nitrogens is 2. The molecule has 2 N–H and O–H groups in total. The van der Waals surface area contributed by atoms with E-state index in [1.54, 1.807) is 0 Å². The van der Waals surface area contributed by atoms with Gasteiger partial charge in [-0.3, -0.25) is 4.99 Å². The van der Waals surface area contributed by atoms with Crippen molar-refractivity contribution >= 4 is 41.7 Å². The van der Waals surface area contributed by atoms with Crippen molar-refractivity contribution in [1.29, 1.82) is 0 Å². The van der Waals surface area contributed by atoms with Crippen molar-refractivity contribution in [3.63, 3.8) is 0 Å². The van der Waals surface area contributed by atoms with Crippen LogP contribution < -0.4 is 10.6 Å². The Hall–Kier alpha value is -0.440.